The van der Waals surface area contributed by atoms with Crippen LogP contribution < -0.4 is 14.8 Å². The summed E-state index contributed by atoms with van der Waals surface area (Å²) in [4.78, 5) is 24.9. The van der Waals surface area contributed by atoms with Crippen molar-refractivity contribution in [3.63, 3.8) is 0 Å². The summed E-state index contributed by atoms with van der Waals surface area (Å²) in [6.07, 6.45) is 1.66. The van der Waals surface area contributed by atoms with Crippen LogP contribution >= 0.6 is 23.1 Å². The predicted molar refractivity (Wildman–Crippen MR) is 129 cm³/mol. The highest BCUT2D eigenvalue weighted by molar-refractivity contribution is 8.00. The van der Waals surface area contributed by atoms with Crippen LogP contribution in [0.2, 0.25) is 0 Å². The number of methoxy groups -OCH3 is 2. The Morgan fingerprint density at radius 2 is 1.66 bits per heavy atom. The van der Waals surface area contributed by atoms with Gasteiger partial charge in [0.2, 0.25) is 5.91 Å². The molecule has 2 heterocycles. The topological polar surface area (TPSA) is 89.1 Å². The number of carbonyl (C=O) groups is 1. The van der Waals surface area contributed by atoms with Crippen LogP contribution in [0.15, 0.2) is 65.3 Å². The first-order valence-electron chi connectivity index (χ1n) is 9.83. The normalized spacial score (nSPS) is 11.7. The lowest BCUT2D eigenvalue weighted by Gasteiger charge is -2.08. The van der Waals surface area contributed by atoms with Crippen molar-refractivity contribution in [2.45, 2.75) is 17.3 Å². The van der Waals surface area contributed by atoms with Crippen molar-refractivity contribution in [3.8, 4) is 34.0 Å². The molecule has 0 saturated heterocycles. The lowest BCUT2D eigenvalue weighted by atomic mass is 10.0. The van der Waals surface area contributed by atoms with E-state index in [1.807, 2.05) is 60.8 Å². The van der Waals surface area contributed by atoms with Crippen molar-refractivity contribution in [2.24, 2.45) is 0 Å². The van der Waals surface area contributed by atoms with E-state index in [9.17, 15) is 4.79 Å². The number of aromatic amines is 1. The van der Waals surface area contributed by atoms with Gasteiger partial charge in [-0.1, -0.05) is 11.8 Å². The van der Waals surface area contributed by atoms with Crippen LogP contribution in [0.5, 0.6) is 11.5 Å². The number of H-pyrrole nitrogens is 1. The second-order valence-corrected chi connectivity index (χ2v) is 9.03. The molecule has 2 N–H and O–H groups in total. The number of thiazole rings is 1. The van der Waals surface area contributed by atoms with E-state index < -0.39 is 0 Å². The maximum atomic E-state index is 12.6. The monoisotopic (exact) mass is 466 g/mol. The lowest BCUT2D eigenvalue weighted by Crippen LogP contribution is -2.22. The molecule has 32 heavy (non-hydrogen) atoms. The van der Waals surface area contributed by atoms with E-state index >= 15 is 0 Å². The molecule has 0 spiro atoms. The predicted octanol–water partition coefficient (Wildman–Crippen LogP) is 5.34. The van der Waals surface area contributed by atoms with Crippen LogP contribution in [0.25, 0.3) is 22.5 Å². The Hall–Kier alpha value is -3.30. The van der Waals surface area contributed by atoms with Crippen LogP contribution in [-0.2, 0) is 4.79 Å². The van der Waals surface area contributed by atoms with E-state index in [-0.39, 0.29) is 11.2 Å². The molecule has 0 aliphatic heterocycles. The molecule has 0 saturated carbocycles. The second-order valence-electron chi connectivity index (χ2n) is 6.81. The Bertz CT molecular complexity index is 1110. The van der Waals surface area contributed by atoms with Crippen molar-refractivity contribution in [3.05, 3.63) is 60.1 Å². The maximum absolute atomic E-state index is 12.6. The zero-order valence-corrected chi connectivity index (χ0v) is 19.4. The van der Waals surface area contributed by atoms with Gasteiger partial charge in [-0.2, -0.15) is 0 Å². The Morgan fingerprint density at radius 3 is 2.22 bits per heavy atom. The van der Waals surface area contributed by atoms with E-state index in [0.29, 0.717) is 10.3 Å². The van der Waals surface area contributed by atoms with Gasteiger partial charge >= 0.3 is 0 Å². The van der Waals surface area contributed by atoms with Gasteiger partial charge in [0, 0.05) is 22.7 Å². The first-order valence-corrected chi connectivity index (χ1v) is 11.6. The summed E-state index contributed by atoms with van der Waals surface area (Å²) in [6.45, 7) is 1.84. The van der Waals surface area contributed by atoms with Gasteiger partial charge in [-0.25, -0.2) is 9.97 Å². The molecule has 0 aliphatic carbocycles. The van der Waals surface area contributed by atoms with Gasteiger partial charge in [-0.05, 0) is 55.5 Å². The molecule has 7 nitrogen and oxygen atoms in total. The molecule has 2 aromatic heterocycles. The lowest BCUT2D eigenvalue weighted by molar-refractivity contribution is -0.115. The van der Waals surface area contributed by atoms with Crippen LogP contribution in [0.4, 0.5) is 5.13 Å². The van der Waals surface area contributed by atoms with Gasteiger partial charge in [0.05, 0.1) is 30.9 Å². The summed E-state index contributed by atoms with van der Waals surface area (Å²) < 4.78 is 10.6. The van der Waals surface area contributed by atoms with Crippen molar-refractivity contribution < 1.29 is 14.3 Å². The maximum Gasteiger partial charge on any atom is 0.239 e. The van der Waals surface area contributed by atoms with Crippen LogP contribution in [0.1, 0.15) is 6.92 Å². The van der Waals surface area contributed by atoms with E-state index in [0.717, 1.165) is 34.0 Å². The van der Waals surface area contributed by atoms with E-state index in [1.54, 1.807) is 20.4 Å². The Labute approximate surface area is 194 Å². The number of nitrogens with zero attached hydrogens (tertiary/aromatic N) is 2. The highest BCUT2D eigenvalue weighted by atomic mass is 32.2. The summed E-state index contributed by atoms with van der Waals surface area (Å²) in [5.41, 5.74) is 3.58. The van der Waals surface area contributed by atoms with Crippen LogP contribution in [0, 0.1) is 0 Å². The van der Waals surface area contributed by atoms with Crippen molar-refractivity contribution in [1.82, 2.24) is 15.0 Å². The standard InChI is InChI=1S/C23H22N4O3S2/c1-14(21(28)27-22-24-12-13-31-22)32-23-25-19(15-4-8-17(29-2)9-5-15)20(26-23)16-6-10-18(30-3)11-7-16/h4-14H,1-3H3,(H,25,26)(H,24,27,28). The second kappa shape index (κ2) is 9.88. The molecule has 0 aliphatic rings. The van der Waals surface area contributed by atoms with Crippen LogP contribution in [-0.4, -0.2) is 40.3 Å². The fraction of sp³-hybridized carbons (Fsp3) is 0.174. The average Bonchev–Trinajstić information content (AvgIpc) is 3.49. The molecule has 0 bridgehead atoms. The summed E-state index contributed by atoms with van der Waals surface area (Å²) >= 11 is 2.75. The number of nitrogens with one attached hydrogen (secondary N) is 2. The third-order valence-corrected chi connectivity index (χ3v) is 6.42. The quantitative estimate of drug-likeness (QED) is 0.341. The summed E-state index contributed by atoms with van der Waals surface area (Å²) in [5, 5.41) is 5.53. The molecule has 9 heteroatoms. The molecule has 1 amide bonds. The first-order chi connectivity index (χ1) is 15.6. The van der Waals surface area contributed by atoms with Gasteiger partial charge < -0.3 is 19.8 Å². The Balaban J connectivity index is 1.63. The number of thioether (sulfide) groups is 1. The zero-order chi connectivity index (χ0) is 22.5. The number of amides is 1. The number of carbonyl (C=O) groups excluding carboxylic acids is 1. The zero-order valence-electron chi connectivity index (χ0n) is 17.8. The fourth-order valence-electron chi connectivity index (χ4n) is 3.04. The summed E-state index contributed by atoms with van der Waals surface area (Å²) in [7, 11) is 3.28. The van der Waals surface area contributed by atoms with Crippen molar-refractivity contribution in [2.75, 3.05) is 19.5 Å². The van der Waals surface area contributed by atoms with Crippen molar-refractivity contribution >= 4 is 34.1 Å². The molecule has 164 valence electrons. The average molecular weight is 467 g/mol. The van der Waals surface area contributed by atoms with Gasteiger partial charge in [-0.15, -0.1) is 11.3 Å². The van der Waals surface area contributed by atoms with E-state index in [4.69, 9.17) is 14.5 Å². The Kier molecular flexibility index (Phi) is 6.77. The van der Waals surface area contributed by atoms with Crippen LogP contribution in [0.3, 0.4) is 0 Å². The minimum Gasteiger partial charge on any atom is -0.497 e. The first kappa shape index (κ1) is 21.9. The number of hydrogen-bond donors (Lipinski definition) is 2. The van der Waals surface area contributed by atoms with Gasteiger partial charge in [0.25, 0.3) is 0 Å². The smallest absolute Gasteiger partial charge is 0.239 e. The number of aromatic nitrogens is 3. The molecular formula is C23H22N4O3S2. The van der Waals surface area contributed by atoms with Crippen molar-refractivity contribution in [1.29, 1.82) is 0 Å². The minimum atomic E-state index is -0.363. The minimum absolute atomic E-state index is 0.127. The molecule has 4 aromatic rings. The van der Waals surface area contributed by atoms with E-state index in [1.165, 1.54) is 23.1 Å². The fourth-order valence-corrected chi connectivity index (χ4v) is 4.38. The number of imidazole rings is 1. The highest BCUT2D eigenvalue weighted by Crippen LogP contribution is 2.35. The molecule has 0 radical (unpaired) electrons. The summed E-state index contributed by atoms with van der Waals surface area (Å²) in [6, 6.07) is 15.5. The SMILES string of the molecule is COc1ccc(-c2nc(SC(C)C(=O)Nc3nccs3)[nH]c2-c2ccc(OC)cc2)cc1. The van der Waals surface area contributed by atoms with Gasteiger partial charge in [-0.3, -0.25) is 4.79 Å². The highest BCUT2D eigenvalue weighted by Gasteiger charge is 2.20. The number of benzene rings is 2. The molecule has 4 rings (SSSR count). The third-order valence-electron chi connectivity index (χ3n) is 4.74. The summed E-state index contributed by atoms with van der Waals surface area (Å²) in [5.74, 6) is 1.43. The van der Waals surface area contributed by atoms with E-state index in [2.05, 4.69) is 15.3 Å². The Morgan fingerprint density at radius 1 is 1.03 bits per heavy atom. The number of rotatable bonds is 8. The number of anilines is 1. The van der Waals surface area contributed by atoms with Gasteiger partial charge in [0.15, 0.2) is 10.3 Å². The van der Waals surface area contributed by atoms with Gasteiger partial charge in [0.1, 0.15) is 11.5 Å². The molecular weight excluding hydrogens is 444 g/mol. The molecule has 2 aromatic carbocycles. The number of hydrogen-bond acceptors (Lipinski definition) is 7. The molecule has 0 fully saturated rings. The molecule has 1 unspecified atom stereocenters. The molecule has 1 atom stereocenters. The third kappa shape index (κ3) is 4.95. The number of ether oxygens (including phenoxy) is 2. The largest absolute Gasteiger partial charge is 0.497 e.